The zero-order chi connectivity index (χ0) is 21.1. The summed E-state index contributed by atoms with van der Waals surface area (Å²) in [4.78, 5) is 39.8. The molecule has 1 unspecified atom stereocenters. The number of anilines is 2. The first-order valence-electron chi connectivity index (χ1n) is 10.6. The largest absolute Gasteiger partial charge is 0.339 e. The fourth-order valence-corrected chi connectivity index (χ4v) is 4.26. The SMILES string of the molecule is Cc1cccc(C(=O)N2CCCC2)c1NC(=O)CCC1Cc2ccccc2NC1=O. The first kappa shape index (κ1) is 20.1. The molecule has 1 fully saturated rings. The van der Waals surface area contributed by atoms with Crippen LogP contribution in [0.5, 0.6) is 0 Å². The van der Waals surface area contributed by atoms with Crippen LogP contribution < -0.4 is 10.6 Å². The Morgan fingerprint density at radius 2 is 1.87 bits per heavy atom. The van der Waals surface area contributed by atoms with Crippen molar-refractivity contribution in [3.05, 3.63) is 59.2 Å². The van der Waals surface area contributed by atoms with Gasteiger partial charge in [-0.25, -0.2) is 0 Å². The van der Waals surface area contributed by atoms with Gasteiger partial charge in [-0.3, -0.25) is 14.4 Å². The molecule has 6 nitrogen and oxygen atoms in total. The standard InChI is InChI=1S/C24H27N3O3/c1-16-7-6-9-19(24(30)27-13-4-5-14-27)22(16)26-21(28)12-11-18-15-17-8-2-3-10-20(17)25-23(18)29/h2-3,6-10,18H,4-5,11-15H2,1H3,(H,25,29)(H,26,28). The van der Waals surface area contributed by atoms with Crippen molar-refractivity contribution in [2.24, 2.45) is 5.92 Å². The van der Waals surface area contributed by atoms with E-state index in [9.17, 15) is 14.4 Å². The summed E-state index contributed by atoms with van der Waals surface area (Å²) in [6.07, 6.45) is 3.37. The zero-order valence-corrected chi connectivity index (χ0v) is 17.2. The lowest BCUT2D eigenvalue weighted by Gasteiger charge is -2.24. The number of hydrogen-bond donors (Lipinski definition) is 2. The number of fused-ring (bicyclic) bond motifs is 1. The van der Waals surface area contributed by atoms with Gasteiger partial charge in [0.15, 0.2) is 0 Å². The predicted octanol–water partition coefficient (Wildman–Crippen LogP) is 3.76. The highest BCUT2D eigenvalue weighted by Gasteiger charge is 2.27. The van der Waals surface area contributed by atoms with Gasteiger partial charge in [-0.05, 0) is 55.9 Å². The van der Waals surface area contributed by atoms with E-state index in [1.165, 1.54) is 0 Å². The van der Waals surface area contributed by atoms with E-state index in [1.807, 2.05) is 48.2 Å². The first-order chi connectivity index (χ1) is 14.5. The third-order valence-corrected chi connectivity index (χ3v) is 5.99. The second-order valence-corrected chi connectivity index (χ2v) is 8.13. The van der Waals surface area contributed by atoms with Crippen LogP contribution in [0.25, 0.3) is 0 Å². The Bertz CT molecular complexity index is 979. The Balaban J connectivity index is 1.41. The third kappa shape index (κ3) is 4.22. The molecule has 0 bridgehead atoms. The van der Waals surface area contributed by atoms with E-state index < -0.39 is 0 Å². The van der Waals surface area contributed by atoms with Crippen LogP contribution in [0.2, 0.25) is 0 Å². The Kier molecular flexibility index (Phi) is 5.84. The molecule has 3 amide bonds. The molecule has 0 saturated carbocycles. The molecule has 2 aromatic rings. The number of likely N-dealkylation sites (tertiary alicyclic amines) is 1. The highest BCUT2D eigenvalue weighted by atomic mass is 16.2. The van der Waals surface area contributed by atoms with Crippen molar-refractivity contribution < 1.29 is 14.4 Å². The number of carbonyl (C=O) groups excluding carboxylic acids is 3. The highest BCUT2D eigenvalue weighted by molar-refractivity contribution is 6.05. The Hall–Kier alpha value is -3.15. The van der Waals surface area contributed by atoms with Crippen molar-refractivity contribution in [3.8, 4) is 0 Å². The summed E-state index contributed by atoms with van der Waals surface area (Å²) in [7, 11) is 0. The molecule has 2 N–H and O–H groups in total. The van der Waals surface area contributed by atoms with Crippen LogP contribution in [0.15, 0.2) is 42.5 Å². The Morgan fingerprint density at radius 3 is 2.67 bits per heavy atom. The van der Waals surface area contributed by atoms with E-state index in [2.05, 4.69) is 10.6 Å². The summed E-state index contributed by atoms with van der Waals surface area (Å²) >= 11 is 0. The fraction of sp³-hybridized carbons (Fsp3) is 0.375. The van der Waals surface area contributed by atoms with Gasteiger partial charge in [0.25, 0.3) is 5.91 Å². The van der Waals surface area contributed by atoms with Crippen LogP contribution in [0.3, 0.4) is 0 Å². The monoisotopic (exact) mass is 405 g/mol. The minimum Gasteiger partial charge on any atom is -0.339 e. The van der Waals surface area contributed by atoms with E-state index in [-0.39, 0.29) is 30.1 Å². The Labute approximate surface area is 176 Å². The maximum atomic E-state index is 12.9. The van der Waals surface area contributed by atoms with E-state index in [4.69, 9.17) is 0 Å². The smallest absolute Gasteiger partial charge is 0.255 e. The number of carbonyl (C=O) groups is 3. The molecule has 0 spiro atoms. The van der Waals surface area contributed by atoms with Crippen LogP contribution in [-0.2, 0) is 16.0 Å². The van der Waals surface area contributed by atoms with Crippen LogP contribution in [0.1, 0.15) is 47.2 Å². The zero-order valence-electron chi connectivity index (χ0n) is 17.2. The second-order valence-electron chi connectivity index (χ2n) is 8.13. The van der Waals surface area contributed by atoms with Crippen molar-refractivity contribution in [2.75, 3.05) is 23.7 Å². The highest BCUT2D eigenvalue weighted by Crippen LogP contribution is 2.28. The summed E-state index contributed by atoms with van der Waals surface area (Å²) in [5.41, 5.74) is 3.93. The molecule has 4 rings (SSSR count). The van der Waals surface area contributed by atoms with Gasteiger partial charge < -0.3 is 15.5 Å². The van der Waals surface area contributed by atoms with E-state index in [0.29, 0.717) is 24.1 Å². The lowest BCUT2D eigenvalue weighted by molar-refractivity contribution is -0.121. The van der Waals surface area contributed by atoms with Gasteiger partial charge >= 0.3 is 0 Å². The number of rotatable bonds is 5. The van der Waals surface area contributed by atoms with E-state index in [0.717, 1.165) is 42.7 Å². The maximum absolute atomic E-state index is 12.9. The molecule has 2 aliphatic rings. The molecular weight excluding hydrogens is 378 g/mol. The van der Waals surface area contributed by atoms with Crippen LogP contribution in [0, 0.1) is 12.8 Å². The van der Waals surface area contributed by atoms with Crippen LogP contribution >= 0.6 is 0 Å². The summed E-state index contributed by atoms with van der Waals surface area (Å²) < 4.78 is 0. The number of nitrogens with zero attached hydrogens (tertiary/aromatic N) is 1. The Morgan fingerprint density at radius 1 is 1.10 bits per heavy atom. The molecule has 0 radical (unpaired) electrons. The summed E-state index contributed by atoms with van der Waals surface area (Å²) in [6.45, 7) is 3.42. The van der Waals surface area contributed by atoms with E-state index >= 15 is 0 Å². The first-order valence-corrected chi connectivity index (χ1v) is 10.6. The summed E-state index contributed by atoms with van der Waals surface area (Å²) in [5.74, 6) is -0.475. The van der Waals surface area contributed by atoms with Gasteiger partial charge in [0.2, 0.25) is 11.8 Å². The predicted molar refractivity (Wildman–Crippen MR) is 116 cm³/mol. The number of benzene rings is 2. The lowest BCUT2D eigenvalue weighted by atomic mass is 9.89. The minimum absolute atomic E-state index is 0.0326. The average molecular weight is 405 g/mol. The summed E-state index contributed by atoms with van der Waals surface area (Å²) in [5, 5.41) is 5.87. The number of aryl methyl sites for hydroxylation is 1. The van der Waals surface area contributed by atoms with Gasteiger partial charge in [0.05, 0.1) is 11.3 Å². The molecule has 1 atom stereocenters. The van der Waals surface area contributed by atoms with E-state index in [1.54, 1.807) is 6.07 Å². The van der Waals surface area contributed by atoms with Crippen LogP contribution in [0.4, 0.5) is 11.4 Å². The average Bonchev–Trinajstić information content (AvgIpc) is 3.28. The van der Waals surface area contributed by atoms with Crippen molar-refractivity contribution in [3.63, 3.8) is 0 Å². The molecule has 30 heavy (non-hydrogen) atoms. The van der Waals surface area contributed by atoms with Gasteiger partial charge in [-0.1, -0.05) is 30.3 Å². The third-order valence-electron chi connectivity index (χ3n) is 5.99. The number of nitrogens with one attached hydrogen (secondary N) is 2. The van der Waals surface area contributed by atoms with Crippen molar-refractivity contribution in [2.45, 2.75) is 39.0 Å². The van der Waals surface area contributed by atoms with Crippen molar-refractivity contribution in [1.82, 2.24) is 4.90 Å². The molecule has 1 saturated heterocycles. The number of amides is 3. The molecule has 0 aliphatic carbocycles. The van der Waals surface area contributed by atoms with Gasteiger partial charge in [0, 0.05) is 31.1 Å². The second kappa shape index (κ2) is 8.69. The molecule has 0 aromatic heterocycles. The number of para-hydroxylation sites is 2. The topological polar surface area (TPSA) is 78.5 Å². The minimum atomic E-state index is -0.228. The van der Waals surface area contributed by atoms with Crippen molar-refractivity contribution in [1.29, 1.82) is 0 Å². The van der Waals surface area contributed by atoms with Gasteiger partial charge in [-0.15, -0.1) is 0 Å². The molecular formula is C24H27N3O3. The molecule has 6 heteroatoms. The van der Waals surface area contributed by atoms with Crippen molar-refractivity contribution >= 4 is 29.1 Å². The molecule has 156 valence electrons. The number of hydrogen-bond acceptors (Lipinski definition) is 3. The molecule has 2 aliphatic heterocycles. The quantitative estimate of drug-likeness (QED) is 0.795. The molecule has 2 aromatic carbocycles. The fourth-order valence-electron chi connectivity index (χ4n) is 4.26. The summed E-state index contributed by atoms with van der Waals surface area (Å²) in [6, 6.07) is 13.3. The lowest BCUT2D eigenvalue weighted by Crippen LogP contribution is -2.31. The van der Waals surface area contributed by atoms with Crippen LogP contribution in [-0.4, -0.2) is 35.7 Å². The van der Waals surface area contributed by atoms with Gasteiger partial charge in [0.1, 0.15) is 0 Å². The molecule has 2 heterocycles. The maximum Gasteiger partial charge on any atom is 0.255 e. The normalized spacial score (nSPS) is 18.0. The van der Waals surface area contributed by atoms with Gasteiger partial charge in [-0.2, -0.15) is 0 Å².